The van der Waals surface area contributed by atoms with Crippen LogP contribution in [-0.2, 0) is 21.5 Å². The highest BCUT2D eigenvalue weighted by Gasteiger charge is 2.27. The number of hydrogen-bond donors (Lipinski definition) is 1. The summed E-state index contributed by atoms with van der Waals surface area (Å²) in [6.45, 7) is 7.00. The molecule has 0 atom stereocenters. The molecule has 1 N–H and O–H groups in total. The molecule has 30 heavy (non-hydrogen) atoms. The number of fused-ring (bicyclic) bond motifs is 1. The van der Waals surface area contributed by atoms with Gasteiger partial charge in [0.2, 0.25) is 0 Å². The molecule has 0 aromatic heterocycles. The van der Waals surface area contributed by atoms with Crippen LogP contribution >= 0.6 is 24.0 Å². The largest absolute Gasteiger partial charge is 0.482 e. The van der Waals surface area contributed by atoms with Crippen molar-refractivity contribution in [1.82, 2.24) is 5.32 Å². The molecule has 0 aliphatic carbocycles. The molecule has 1 saturated heterocycles. The molecule has 0 spiro atoms. The highest BCUT2D eigenvalue weighted by atomic mass is 32.2. The van der Waals surface area contributed by atoms with Gasteiger partial charge in [0.1, 0.15) is 10.1 Å². The van der Waals surface area contributed by atoms with E-state index in [-0.39, 0.29) is 23.8 Å². The number of ether oxygens (including phenoxy) is 1. The molecule has 2 heterocycles. The summed E-state index contributed by atoms with van der Waals surface area (Å²) >= 11 is 6.28. The highest BCUT2D eigenvalue weighted by Crippen LogP contribution is 2.36. The summed E-state index contributed by atoms with van der Waals surface area (Å²) in [5.41, 5.74) is 3.88. The van der Waals surface area contributed by atoms with Gasteiger partial charge in [-0.15, -0.1) is 0 Å². The number of thioether (sulfide) groups is 1. The third-order valence-corrected chi connectivity index (χ3v) is 6.19. The number of carbonyl (C=O) groups excluding carboxylic acids is 2. The summed E-state index contributed by atoms with van der Waals surface area (Å²) in [6, 6.07) is 13.9. The maximum Gasteiger partial charge on any atom is 0.265 e. The smallest absolute Gasteiger partial charge is 0.265 e. The maximum absolute atomic E-state index is 12.6. The van der Waals surface area contributed by atoms with Crippen LogP contribution < -0.4 is 15.0 Å². The molecule has 0 radical (unpaired) electrons. The van der Waals surface area contributed by atoms with Gasteiger partial charge in [-0.1, -0.05) is 75.1 Å². The van der Waals surface area contributed by atoms with Crippen LogP contribution in [-0.4, -0.2) is 22.7 Å². The molecule has 2 amide bonds. The topological polar surface area (TPSA) is 58.6 Å². The van der Waals surface area contributed by atoms with Crippen molar-refractivity contribution in [1.29, 1.82) is 0 Å². The van der Waals surface area contributed by atoms with Crippen LogP contribution in [0.15, 0.2) is 47.4 Å². The Labute approximate surface area is 185 Å². The zero-order valence-electron chi connectivity index (χ0n) is 17.0. The summed E-state index contributed by atoms with van der Waals surface area (Å²) in [6.07, 6.45) is 1.77. The van der Waals surface area contributed by atoms with Crippen molar-refractivity contribution in [3.8, 4) is 5.75 Å². The molecule has 5 nitrogen and oxygen atoms in total. The average molecular weight is 439 g/mol. The van der Waals surface area contributed by atoms with Gasteiger partial charge >= 0.3 is 0 Å². The molecule has 4 rings (SSSR count). The van der Waals surface area contributed by atoms with Gasteiger partial charge in [0.05, 0.1) is 17.1 Å². The van der Waals surface area contributed by atoms with Crippen molar-refractivity contribution in [2.45, 2.75) is 32.7 Å². The van der Waals surface area contributed by atoms with Gasteiger partial charge in [0.25, 0.3) is 11.8 Å². The summed E-state index contributed by atoms with van der Waals surface area (Å²) < 4.78 is 6.06. The van der Waals surface area contributed by atoms with Crippen LogP contribution in [0.3, 0.4) is 0 Å². The maximum atomic E-state index is 12.6. The quantitative estimate of drug-likeness (QED) is 0.569. The van der Waals surface area contributed by atoms with E-state index in [1.807, 2.05) is 18.2 Å². The molecule has 2 aliphatic heterocycles. The second-order valence-corrected chi connectivity index (χ2v) is 10.0. The fraction of sp³-hybridized carbons (Fsp3) is 0.261. The van der Waals surface area contributed by atoms with Gasteiger partial charge in [-0.05, 0) is 40.3 Å². The van der Waals surface area contributed by atoms with Crippen molar-refractivity contribution in [2.75, 3.05) is 11.5 Å². The summed E-state index contributed by atoms with van der Waals surface area (Å²) in [5, 5.41) is 2.61. The van der Waals surface area contributed by atoms with Crippen LogP contribution in [0.25, 0.3) is 6.08 Å². The van der Waals surface area contributed by atoms with Crippen molar-refractivity contribution < 1.29 is 14.3 Å². The van der Waals surface area contributed by atoms with Crippen LogP contribution in [0.5, 0.6) is 5.75 Å². The summed E-state index contributed by atoms with van der Waals surface area (Å²) in [7, 11) is 0. The summed E-state index contributed by atoms with van der Waals surface area (Å²) in [5.74, 6) is 0.356. The van der Waals surface area contributed by atoms with Crippen molar-refractivity contribution >= 4 is 51.9 Å². The third-order valence-electron chi connectivity index (χ3n) is 5.03. The van der Waals surface area contributed by atoms with Crippen molar-refractivity contribution in [3.63, 3.8) is 0 Å². The SMILES string of the molecule is CC(C)(C)c1ccc(CN2C(=O)COc3ccc(/C=C4/SC(=S)NC4=O)cc32)cc1. The number of nitrogens with zero attached hydrogens (tertiary/aromatic N) is 1. The van der Waals surface area contributed by atoms with Crippen LogP contribution in [0.4, 0.5) is 5.69 Å². The van der Waals surface area contributed by atoms with Gasteiger partial charge in [0.15, 0.2) is 6.61 Å². The minimum atomic E-state index is -0.203. The third kappa shape index (κ3) is 4.27. The molecule has 0 bridgehead atoms. The number of nitrogens with one attached hydrogen (secondary N) is 1. The number of benzene rings is 2. The average Bonchev–Trinajstić information content (AvgIpc) is 3.00. The van der Waals surface area contributed by atoms with Crippen LogP contribution in [0.1, 0.15) is 37.5 Å². The minimum Gasteiger partial charge on any atom is -0.482 e. The van der Waals surface area contributed by atoms with Crippen LogP contribution in [0.2, 0.25) is 0 Å². The van der Waals surface area contributed by atoms with Crippen molar-refractivity contribution in [2.24, 2.45) is 0 Å². The zero-order chi connectivity index (χ0) is 21.5. The fourth-order valence-electron chi connectivity index (χ4n) is 3.35. The number of hydrogen-bond acceptors (Lipinski definition) is 5. The molecular weight excluding hydrogens is 416 g/mol. The molecule has 0 saturated carbocycles. The molecule has 0 unspecified atom stereocenters. The van der Waals surface area contributed by atoms with E-state index in [0.717, 1.165) is 11.1 Å². The zero-order valence-corrected chi connectivity index (χ0v) is 18.7. The van der Waals surface area contributed by atoms with E-state index >= 15 is 0 Å². The number of rotatable bonds is 3. The van der Waals surface area contributed by atoms with E-state index in [2.05, 4.69) is 50.4 Å². The van der Waals surface area contributed by atoms with Gasteiger partial charge in [-0.3, -0.25) is 9.59 Å². The summed E-state index contributed by atoms with van der Waals surface area (Å²) in [4.78, 5) is 26.9. The Bertz CT molecular complexity index is 1070. The number of carbonyl (C=O) groups is 2. The molecule has 154 valence electrons. The Morgan fingerprint density at radius 3 is 2.53 bits per heavy atom. The first-order valence-corrected chi connectivity index (χ1v) is 10.8. The van der Waals surface area contributed by atoms with E-state index in [0.29, 0.717) is 27.2 Å². The molecule has 7 heteroatoms. The lowest BCUT2D eigenvalue weighted by Crippen LogP contribution is -2.38. The lowest BCUT2D eigenvalue weighted by molar-refractivity contribution is -0.121. The van der Waals surface area contributed by atoms with Gasteiger partial charge in [-0.2, -0.15) is 0 Å². The fourth-order valence-corrected chi connectivity index (χ4v) is 4.39. The lowest BCUT2D eigenvalue weighted by Gasteiger charge is -2.30. The Hall–Kier alpha value is -2.64. The number of amides is 2. The van der Waals surface area contributed by atoms with E-state index in [1.54, 1.807) is 11.0 Å². The van der Waals surface area contributed by atoms with E-state index in [9.17, 15) is 9.59 Å². The lowest BCUT2D eigenvalue weighted by atomic mass is 9.87. The molecule has 2 aliphatic rings. The Morgan fingerprint density at radius 1 is 1.17 bits per heavy atom. The minimum absolute atomic E-state index is 0.0139. The second-order valence-electron chi connectivity index (χ2n) is 8.29. The Kier molecular flexibility index (Phi) is 5.42. The normalized spacial score (nSPS) is 17.8. The monoisotopic (exact) mass is 438 g/mol. The van der Waals surface area contributed by atoms with Crippen molar-refractivity contribution in [3.05, 3.63) is 64.1 Å². The first-order chi connectivity index (χ1) is 14.2. The predicted octanol–water partition coefficient (Wildman–Crippen LogP) is 4.40. The molecular formula is C23H22N2O3S2. The van der Waals surface area contributed by atoms with E-state index in [1.165, 1.54) is 17.3 Å². The van der Waals surface area contributed by atoms with Gasteiger partial charge in [0, 0.05) is 0 Å². The highest BCUT2D eigenvalue weighted by molar-refractivity contribution is 8.26. The number of thiocarbonyl (C=S) groups is 1. The predicted molar refractivity (Wildman–Crippen MR) is 125 cm³/mol. The first kappa shape index (κ1) is 20.6. The standard InChI is InChI=1S/C23H22N2O3S2/c1-23(2,3)16-7-4-14(5-8-16)12-25-17-10-15(6-9-18(17)28-13-20(25)26)11-19-21(27)24-22(29)30-19/h4-11H,12-13H2,1-3H3,(H,24,27,29)/b19-11+. The second kappa shape index (κ2) is 7.89. The van der Waals surface area contributed by atoms with Gasteiger partial charge < -0.3 is 15.0 Å². The van der Waals surface area contributed by atoms with Crippen LogP contribution in [0, 0.1) is 0 Å². The first-order valence-electron chi connectivity index (χ1n) is 9.62. The molecule has 2 aromatic rings. The Balaban J connectivity index is 1.63. The number of anilines is 1. The van der Waals surface area contributed by atoms with E-state index < -0.39 is 0 Å². The Morgan fingerprint density at radius 2 is 1.90 bits per heavy atom. The van der Waals surface area contributed by atoms with E-state index in [4.69, 9.17) is 17.0 Å². The van der Waals surface area contributed by atoms with Gasteiger partial charge in [-0.25, -0.2) is 0 Å². The molecule has 1 fully saturated rings. The molecule has 2 aromatic carbocycles.